The second-order valence-corrected chi connectivity index (χ2v) is 4.78. The van der Waals surface area contributed by atoms with Crippen molar-refractivity contribution < 1.29 is 9.59 Å². The van der Waals surface area contributed by atoms with Gasteiger partial charge in [0, 0.05) is 31.4 Å². The van der Waals surface area contributed by atoms with Gasteiger partial charge in [-0.15, -0.1) is 12.4 Å². The van der Waals surface area contributed by atoms with Crippen LogP contribution in [0.15, 0.2) is 18.3 Å². The van der Waals surface area contributed by atoms with Crippen LogP contribution in [0.3, 0.4) is 0 Å². The standard InChI is InChI=1S/C13H18N4O2.ClH/c1-8-9(2)17(6-5-15-8)13(19)11-4-3-10(7-16-11)12(14)18;/h3-4,7-9,15H,5-6H2,1-2H3,(H2,14,18);1H. The highest BCUT2D eigenvalue weighted by Crippen LogP contribution is 2.13. The summed E-state index contributed by atoms with van der Waals surface area (Å²) in [7, 11) is 0. The summed E-state index contributed by atoms with van der Waals surface area (Å²) in [4.78, 5) is 29.1. The van der Waals surface area contributed by atoms with E-state index in [1.165, 1.54) is 12.3 Å². The Bertz CT molecular complexity index is 492. The van der Waals surface area contributed by atoms with Crippen LogP contribution in [0.1, 0.15) is 34.7 Å². The number of rotatable bonds is 2. The molecule has 0 bridgehead atoms. The largest absolute Gasteiger partial charge is 0.366 e. The molecule has 2 heterocycles. The Hall–Kier alpha value is -1.66. The quantitative estimate of drug-likeness (QED) is 0.828. The van der Waals surface area contributed by atoms with E-state index >= 15 is 0 Å². The first-order valence-corrected chi connectivity index (χ1v) is 6.31. The predicted molar refractivity (Wildman–Crippen MR) is 78.0 cm³/mol. The number of halogens is 1. The summed E-state index contributed by atoms with van der Waals surface area (Å²) in [6.07, 6.45) is 1.34. The van der Waals surface area contributed by atoms with Gasteiger partial charge in [-0.1, -0.05) is 0 Å². The SMILES string of the molecule is CC1NCCN(C(=O)c2ccc(C(N)=O)cn2)C1C.Cl. The Morgan fingerprint density at radius 2 is 2.10 bits per heavy atom. The van der Waals surface area contributed by atoms with E-state index in [0.717, 1.165) is 6.54 Å². The maximum atomic E-state index is 12.4. The summed E-state index contributed by atoms with van der Waals surface area (Å²) in [6.45, 7) is 5.49. The second kappa shape index (κ2) is 6.67. The first-order valence-electron chi connectivity index (χ1n) is 6.31. The van der Waals surface area contributed by atoms with Gasteiger partial charge in [0.15, 0.2) is 0 Å². The lowest BCUT2D eigenvalue weighted by molar-refractivity contribution is 0.0596. The molecule has 2 amide bonds. The van der Waals surface area contributed by atoms with Crippen LogP contribution in [0.2, 0.25) is 0 Å². The smallest absolute Gasteiger partial charge is 0.272 e. The molecule has 2 rings (SSSR count). The van der Waals surface area contributed by atoms with Crippen molar-refractivity contribution in [2.75, 3.05) is 13.1 Å². The summed E-state index contributed by atoms with van der Waals surface area (Å²) in [5.74, 6) is -0.660. The van der Waals surface area contributed by atoms with Gasteiger partial charge < -0.3 is 16.0 Å². The van der Waals surface area contributed by atoms with E-state index in [4.69, 9.17) is 5.73 Å². The Kier molecular flexibility index (Phi) is 5.47. The van der Waals surface area contributed by atoms with Crippen molar-refractivity contribution in [2.45, 2.75) is 25.9 Å². The number of carbonyl (C=O) groups is 2. The highest BCUT2D eigenvalue weighted by molar-refractivity contribution is 5.95. The molecule has 1 saturated heterocycles. The van der Waals surface area contributed by atoms with Crippen molar-refractivity contribution in [3.05, 3.63) is 29.6 Å². The number of nitrogens with zero attached hydrogens (tertiary/aromatic N) is 2. The molecular formula is C13H19ClN4O2. The Morgan fingerprint density at radius 3 is 2.65 bits per heavy atom. The lowest BCUT2D eigenvalue weighted by atomic mass is 10.1. The highest BCUT2D eigenvalue weighted by Gasteiger charge is 2.29. The van der Waals surface area contributed by atoms with Gasteiger partial charge in [0.1, 0.15) is 5.69 Å². The fraction of sp³-hybridized carbons (Fsp3) is 0.462. The molecule has 1 aliphatic heterocycles. The molecule has 2 atom stereocenters. The zero-order chi connectivity index (χ0) is 14.0. The maximum Gasteiger partial charge on any atom is 0.272 e. The van der Waals surface area contributed by atoms with Crippen molar-refractivity contribution in [3.8, 4) is 0 Å². The molecule has 0 aliphatic carbocycles. The molecule has 0 spiro atoms. The average Bonchev–Trinajstić information content (AvgIpc) is 2.41. The van der Waals surface area contributed by atoms with E-state index in [2.05, 4.69) is 10.3 Å². The molecule has 0 radical (unpaired) electrons. The number of hydrogen-bond donors (Lipinski definition) is 2. The molecule has 1 fully saturated rings. The van der Waals surface area contributed by atoms with Gasteiger partial charge in [-0.25, -0.2) is 0 Å². The zero-order valence-corrected chi connectivity index (χ0v) is 12.3. The number of pyridine rings is 1. The van der Waals surface area contributed by atoms with Crippen LogP contribution in [0, 0.1) is 0 Å². The number of amides is 2. The van der Waals surface area contributed by atoms with Gasteiger partial charge in [-0.2, -0.15) is 0 Å². The molecule has 20 heavy (non-hydrogen) atoms. The van der Waals surface area contributed by atoms with Crippen molar-refractivity contribution in [1.29, 1.82) is 0 Å². The van der Waals surface area contributed by atoms with Crippen molar-refractivity contribution in [3.63, 3.8) is 0 Å². The third-order valence-electron chi connectivity index (χ3n) is 3.56. The van der Waals surface area contributed by atoms with E-state index in [-0.39, 0.29) is 30.4 Å². The zero-order valence-electron chi connectivity index (χ0n) is 11.5. The summed E-state index contributed by atoms with van der Waals surface area (Å²) >= 11 is 0. The Morgan fingerprint density at radius 1 is 1.40 bits per heavy atom. The number of nitrogens with two attached hydrogens (primary N) is 1. The van der Waals surface area contributed by atoms with E-state index in [1.807, 2.05) is 13.8 Å². The van der Waals surface area contributed by atoms with Crippen LogP contribution in [-0.4, -0.2) is 46.9 Å². The van der Waals surface area contributed by atoms with Crippen molar-refractivity contribution >= 4 is 24.2 Å². The molecule has 110 valence electrons. The summed E-state index contributed by atoms with van der Waals surface area (Å²) < 4.78 is 0. The lowest BCUT2D eigenvalue weighted by Crippen LogP contribution is -2.57. The van der Waals surface area contributed by atoms with Crippen LogP contribution < -0.4 is 11.1 Å². The van der Waals surface area contributed by atoms with Crippen LogP contribution in [0.25, 0.3) is 0 Å². The molecule has 1 aromatic heterocycles. The van der Waals surface area contributed by atoms with Crippen LogP contribution >= 0.6 is 12.4 Å². The molecule has 2 unspecified atom stereocenters. The van der Waals surface area contributed by atoms with E-state index < -0.39 is 5.91 Å². The molecule has 7 heteroatoms. The molecule has 1 aromatic rings. The molecule has 6 nitrogen and oxygen atoms in total. The topological polar surface area (TPSA) is 88.3 Å². The van der Waals surface area contributed by atoms with E-state index in [0.29, 0.717) is 17.8 Å². The first kappa shape index (κ1) is 16.4. The summed E-state index contributed by atoms with van der Waals surface area (Å²) in [5.41, 5.74) is 5.78. The number of primary amides is 1. The number of aromatic nitrogens is 1. The van der Waals surface area contributed by atoms with Gasteiger partial charge in [-0.3, -0.25) is 14.6 Å². The van der Waals surface area contributed by atoms with Crippen molar-refractivity contribution in [1.82, 2.24) is 15.2 Å². The van der Waals surface area contributed by atoms with Gasteiger partial charge in [0.05, 0.1) is 5.56 Å². The maximum absolute atomic E-state index is 12.4. The van der Waals surface area contributed by atoms with Crippen LogP contribution in [-0.2, 0) is 0 Å². The third-order valence-corrected chi connectivity index (χ3v) is 3.56. The highest BCUT2D eigenvalue weighted by atomic mass is 35.5. The molecule has 0 aromatic carbocycles. The normalized spacial score (nSPS) is 22.0. The Labute approximate surface area is 124 Å². The monoisotopic (exact) mass is 298 g/mol. The number of nitrogens with one attached hydrogen (secondary N) is 1. The minimum Gasteiger partial charge on any atom is -0.366 e. The van der Waals surface area contributed by atoms with Crippen LogP contribution in [0.5, 0.6) is 0 Å². The molecule has 0 saturated carbocycles. The molecule has 1 aliphatic rings. The number of piperazine rings is 1. The number of carbonyl (C=O) groups excluding carboxylic acids is 2. The summed E-state index contributed by atoms with van der Waals surface area (Å²) in [5, 5.41) is 3.32. The lowest BCUT2D eigenvalue weighted by Gasteiger charge is -2.38. The second-order valence-electron chi connectivity index (χ2n) is 4.78. The fourth-order valence-electron chi connectivity index (χ4n) is 2.16. The minimum atomic E-state index is -0.546. The van der Waals surface area contributed by atoms with Crippen molar-refractivity contribution in [2.24, 2.45) is 5.73 Å². The summed E-state index contributed by atoms with van der Waals surface area (Å²) in [6, 6.07) is 3.43. The van der Waals surface area contributed by atoms with Gasteiger partial charge in [-0.05, 0) is 26.0 Å². The predicted octanol–water partition coefficient (Wildman–Crippen LogP) is 0.425. The Balaban J connectivity index is 0.00000200. The first-order chi connectivity index (χ1) is 9.00. The van der Waals surface area contributed by atoms with E-state index in [1.54, 1.807) is 11.0 Å². The minimum absolute atomic E-state index is 0. The molecule has 3 N–H and O–H groups in total. The molecular weight excluding hydrogens is 280 g/mol. The van der Waals surface area contributed by atoms with Gasteiger partial charge >= 0.3 is 0 Å². The average molecular weight is 299 g/mol. The fourth-order valence-corrected chi connectivity index (χ4v) is 2.16. The number of hydrogen-bond acceptors (Lipinski definition) is 4. The van der Waals surface area contributed by atoms with Gasteiger partial charge in [0.2, 0.25) is 5.91 Å². The van der Waals surface area contributed by atoms with Crippen LogP contribution in [0.4, 0.5) is 0 Å². The third kappa shape index (κ3) is 3.26. The van der Waals surface area contributed by atoms with Gasteiger partial charge in [0.25, 0.3) is 5.91 Å². The van der Waals surface area contributed by atoms with E-state index in [9.17, 15) is 9.59 Å².